The number of Topliss-reactive ketones (excluding diaryl/α,β-unsaturated/α-hetero) is 2. The van der Waals surface area contributed by atoms with E-state index in [9.17, 15) is 24.5 Å². The zero-order valence-electron chi connectivity index (χ0n) is 22.9. The summed E-state index contributed by atoms with van der Waals surface area (Å²) in [6, 6.07) is 23.1. The van der Waals surface area contributed by atoms with Crippen LogP contribution in [-0.4, -0.2) is 34.5 Å². The third-order valence-corrected chi connectivity index (χ3v) is 9.06. The van der Waals surface area contributed by atoms with Gasteiger partial charge in [-0.05, 0) is 60.5 Å². The van der Waals surface area contributed by atoms with Gasteiger partial charge in [-0.15, -0.1) is 0 Å². The lowest BCUT2D eigenvalue weighted by Crippen LogP contribution is -2.51. The van der Waals surface area contributed by atoms with Crippen molar-refractivity contribution >= 4 is 52.2 Å². The van der Waals surface area contributed by atoms with Crippen LogP contribution < -0.4 is 10.2 Å². The zero-order chi connectivity index (χ0) is 30.0. The van der Waals surface area contributed by atoms with E-state index in [0.717, 1.165) is 16.8 Å². The molecule has 43 heavy (non-hydrogen) atoms. The number of para-hydroxylation sites is 1. The topological polar surface area (TPSA) is 110 Å². The van der Waals surface area contributed by atoms with Crippen LogP contribution in [0, 0.1) is 23.0 Å². The molecule has 0 aromatic heterocycles. The van der Waals surface area contributed by atoms with Crippen LogP contribution in [0.3, 0.4) is 0 Å². The molecule has 212 valence electrons. The van der Waals surface area contributed by atoms with Crippen LogP contribution >= 0.6 is 11.6 Å². The molecule has 3 aliphatic heterocycles. The van der Waals surface area contributed by atoms with Gasteiger partial charge in [-0.2, -0.15) is 0 Å². The second-order valence-electron chi connectivity index (χ2n) is 11.1. The Morgan fingerprint density at radius 2 is 1.70 bits per heavy atom. The Morgan fingerprint density at radius 3 is 2.47 bits per heavy atom. The minimum Gasteiger partial charge on any atom is -0.352 e. The molecule has 0 aliphatic carbocycles. The highest BCUT2D eigenvalue weighted by Gasteiger charge is 2.70. The zero-order valence-corrected chi connectivity index (χ0v) is 23.6. The van der Waals surface area contributed by atoms with Crippen molar-refractivity contribution < 1.29 is 19.3 Å². The van der Waals surface area contributed by atoms with E-state index < -0.39 is 40.0 Å². The quantitative estimate of drug-likeness (QED) is 0.164. The van der Waals surface area contributed by atoms with Crippen molar-refractivity contribution in [1.29, 1.82) is 0 Å². The van der Waals surface area contributed by atoms with Crippen molar-refractivity contribution in [1.82, 2.24) is 0 Å². The number of hydrogen-bond acceptors (Lipinski definition) is 6. The minimum absolute atomic E-state index is 0.0534. The average Bonchev–Trinajstić information content (AvgIpc) is 3.49. The molecular formula is C34H24ClN3O5. The molecule has 1 saturated heterocycles. The van der Waals surface area contributed by atoms with Crippen molar-refractivity contribution in [3.63, 3.8) is 0 Å². The summed E-state index contributed by atoms with van der Waals surface area (Å²) >= 11 is 6.15. The highest BCUT2D eigenvalue weighted by atomic mass is 35.5. The smallest absolute Gasteiger partial charge is 0.270 e. The number of carbonyl (C=O) groups is 3. The van der Waals surface area contributed by atoms with Gasteiger partial charge in [0, 0.05) is 39.7 Å². The van der Waals surface area contributed by atoms with Gasteiger partial charge in [0.25, 0.3) is 5.69 Å². The number of carbonyl (C=O) groups excluding carboxylic acids is 3. The Hall–Kier alpha value is -5.08. The number of halogens is 1. The number of hydrogen-bond donors (Lipinski definition) is 1. The van der Waals surface area contributed by atoms with Crippen molar-refractivity contribution in [2.45, 2.75) is 24.4 Å². The number of ketones is 2. The first kappa shape index (κ1) is 26.8. The summed E-state index contributed by atoms with van der Waals surface area (Å²) < 4.78 is 0. The SMILES string of the molecule is Cc1ccc2c(c1)C=C[C@@H]1N2[C@H](C(=O)c2ccc(Cl)cc2)[C@H](C(=O)c2cccc([N+](=O)[O-])c2)[C@@]12C(=O)Nc1ccccc12. The number of amides is 1. The second-order valence-corrected chi connectivity index (χ2v) is 11.5. The molecule has 0 radical (unpaired) electrons. The van der Waals surface area contributed by atoms with Gasteiger partial charge < -0.3 is 10.2 Å². The van der Waals surface area contributed by atoms with Crippen LogP contribution in [0.2, 0.25) is 5.02 Å². The van der Waals surface area contributed by atoms with E-state index in [1.54, 1.807) is 42.5 Å². The van der Waals surface area contributed by atoms with E-state index in [1.807, 2.05) is 48.2 Å². The third-order valence-electron chi connectivity index (χ3n) is 8.81. The Morgan fingerprint density at radius 1 is 0.930 bits per heavy atom. The highest BCUT2D eigenvalue weighted by Crippen LogP contribution is 2.58. The fourth-order valence-electron chi connectivity index (χ4n) is 7.04. The number of aryl methyl sites for hydroxylation is 1. The van der Waals surface area contributed by atoms with Gasteiger partial charge in [0.2, 0.25) is 5.91 Å². The van der Waals surface area contributed by atoms with E-state index in [-0.39, 0.29) is 17.0 Å². The summed E-state index contributed by atoms with van der Waals surface area (Å²) in [4.78, 5) is 56.9. The van der Waals surface area contributed by atoms with E-state index >= 15 is 0 Å². The summed E-state index contributed by atoms with van der Waals surface area (Å²) in [5, 5.41) is 15.1. The van der Waals surface area contributed by atoms with Gasteiger partial charge in [-0.3, -0.25) is 24.5 Å². The van der Waals surface area contributed by atoms with Gasteiger partial charge in [0.1, 0.15) is 11.5 Å². The van der Waals surface area contributed by atoms with Crippen molar-refractivity contribution in [3.8, 4) is 0 Å². The summed E-state index contributed by atoms with van der Waals surface area (Å²) in [6.45, 7) is 1.97. The molecule has 8 nitrogen and oxygen atoms in total. The normalized spacial score (nSPS) is 23.0. The van der Waals surface area contributed by atoms with Crippen LogP contribution in [0.1, 0.15) is 37.4 Å². The first-order chi connectivity index (χ1) is 20.7. The molecule has 0 saturated carbocycles. The maximum absolute atomic E-state index is 14.8. The van der Waals surface area contributed by atoms with Crippen LogP contribution in [0.15, 0.2) is 97.1 Å². The number of nitro benzene ring substituents is 1. The number of nitrogens with zero attached hydrogens (tertiary/aromatic N) is 2. The van der Waals surface area contributed by atoms with Gasteiger partial charge in [0.05, 0.1) is 16.9 Å². The Labute approximate surface area is 251 Å². The van der Waals surface area contributed by atoms with Crippen molar-refractivity contribution in [2.24, 2.45) is 5.92 Å². The first-order valence-electron chi connectivity index (χ1n) is 13.8. The van der Waals surface area contributed by atoms with E-state index in [4.69, 9.17) is 11.6 Å². The molecule has 7 rings (SSSR count). The predicted octanol–water partition coefficient (Wildman–Crippen LogP) is 6.41. The molecule has 3 aliphatic rings. The third kappa shape index (κ3) is 3.87. The lowest BCUT2D eigenvalue weighted by molar-refractivity contribution is -0.384. The van der Waals surface area contributed by atoms with Gasteiger partial charge in [-0.25, -0.2) is 0 Å². The molecular weight excluding hydrogens is 566 g/mol. The lowest BCUT2D eigenvalue weighted by atomic mass is 9.64. The average molecular weight is 590 g/mol. The van der Waals surface area contributed by atoms with E-state index in [0.29, 0.717) is 21.8 Å². The number of nitro groups is 1. The minimum atomic E-state index is -1.51. The fourth-order valence-corrected chi connectivity index (χ4v) is 7.16. The van der Waals surface area contributed by atoms with Gasteiger partial charge >= 0.3 is 0 Å². The summed E-state index contributed by atoms with van der Waals surface area (Å²) in [6.07, 6.45) is 3.83. The second kappa shape index (κ2) is 9.74. The Bertz CT molecular complexity index is 1900. The molecule has 1 N–H and O–H groups in total. The molecule has 3 heterocycles. The molecule has 4 aromatic rings. The first-order valence-corrected chi connectivity index (χ1v) is 14.2. The van der Waals surface area contributed by atoms with Crippen molar-refractivity contribution in [2.75, 3.05) is 10.2 Å². The number of nitrogens with one attached hydrogen (secondary N) is 1. The number of non-ortho nitro benzene ring substituents is 1. The molecule has 9 heteroatoms. The van der Waals surface area contributed by atoms with Crippen LogP contribution in [0.5, 0.6) is 0 Å². The number of benzene rings is 4. The standard InChI is InChI=1S/C34H24ClN3O5/c1-19-9-15-27-21(17-19)12-16-28-34(25-7-2-3-8-26(25)36-33(34)41)29(31(39)22-5-4-6-24(18-22)38(42)43)30(37(27)28)32(40)20-10-13-23(35)14-11-20/h2-18,28-30H,1H3,(H,36,41)/t28-,29+,30-,34-/m0/s1. The maximum Gasteiger partial charge on any atom is 0.270 e. The Kier molecular flexibility index (Phi) is 6.07. The molecule has 1 fully saturated rings. The number of rotatable bonds is 5. The van der Waals surface area contributed by atoms with Crippen LogP contribution in [-0.2, 0) is 10.2 Å². The van der Waals surface area contributed by atoms with Gasteiger partial charge in [0.15, 0.2) is 11.6 Å². The summed E-state index contributed by atoms with van der Waals surface area (Å²) in [5.74, 6) is -2.53. The van der Waals surface area contributed by atoms with Crippen molar-refractivity contribution in [3.05, 3.63) is 140 Å². The molecule has 4 aromatic carbocycles. The maximum atomic E-state index is 14.8. The predicted molar refractivity (Wildman–Crippen MR) is 164 cm³/mol. The molecule has 1 amide bonds. The summed E-state index contributed by atoms with van der Waals surface area (Å²) in [7, 11) is 0. The van der Waals surface area contributed by atoms with Gasteiger partial charge in [-0.1, -0.05) is 65.7 Å². The largest absolute Gasteiger partial charge is 0.352 e. The van der Waals surface area contributed by atoms with Crippen LogP contribution in [0.4, 0.5) is 17.1 Å². The molecule has 0 unspecified atom stereocenters. The molecule has 4 atom stereocenters. The number of fused-ring (bicyclic) bond motifs is 6. The van der Waals surface area contributed by atoms with E-state index in [2.05, 4.69) is 5.32 Å². The lowest BCUT2D eigenvalue weighted by Gasteiger charge is -2.37. The fraction of sp³-hybridized carbons (Fsp3) is 0.147. The molecule has 1 spiro atoms. The van der Waals surface area contributed by atoms with Crippen LogP contribution in [0.25, 0.3) is 6.08 Å². The molecule has 0 bridgehead atoms. The Balaban J connectivity index is 1.53. The number of anilines is 2. The van der Waals surface area contributed by atoms with E-state index in [1.165, 1.54) is 24.3 Å². The monoisotopic (exact) mass is 589 g/mol. The summed E-state index contributed by atoms with van der Waals surface area (Å²) in [5.41, 5.74) is 2.38. The highest BCUT2D eigenvalue weighted by molar-refractivity contribution is 6.30.